The summed E-state index contributed by atoms with van der Waals surface area (Å²) in [7, 11) is 0. The number of nitrogens with one attached hydrogen (secondary N) is 4. The molecule has 6 aromatic rings. The first kappa shape index (κ1) is 54.4. The molecular formula is C55H73N13O8S2. The van der Waals surface area contributed by atoms with Gasteiger partial charge in [0.05, 0.1) is 73.6 Å². The van der Waals surface area contributed by atoms with Crippen LogP contribution in [0.25, 0.3) is 41.6 Å². The number of nitrogens with zero attached hydrogens (tertiary/aromatic N) is 9. The van der Waals surface area contributed by atoms with E-state index in [1.807, 2.05) is 32.9 Å². The zero-order valence-electron chi connectivity index (χ0n) is 45.0. The Bertz CT molecular complexity index is 3120. The number of carbonyl (C=O) groups is 1. The van der Waals surface area contributed by atoms with Gasteiger partial charge in [0, 0.05) is 50.4 Å². The molecule has 5 aliphatic rings. The molecule has 8 atom stereocenters. The van der Waals surface area contributed by atoms with Crippen LogP contribution in [0.3, 0.4) is 0 Å². The molecule has 7 heterocycles. The number of morpholine rings is 1. The van der Waals surface area contributed by atoms with E-state index in [0.29, 0.717) is 113 Å². The quantitative estimate of drug-likeness (QED) is 0.0424. The summed E-state index contributed by atoms with van der Waals surface area (Å²) in [4.78, 5) is 54.4. The van der Waals surface area contributed by atoms with Crippen LogP contribution in [-0.4, -0.2) is 163 Å². The molecule has 1 saturated heterocycles. The first-order chi connectivity index (χ1) is 37.5. The number of hydrogen-bond donors (Lipinski definition) is 9. The maximum absolute atomic E-state index is 13.3. The van der Waals surface area contributed by atoms with Crippen LogP contribution in [0.2, 0.25) is 0 Å². The van der Waals surface area contributed by atoms with Crippen molar-refractivity contribution in [1.82, 2.24) is 44.8 Å². The summed E-state index contributed by atoms with van der Waals surface area (Å²) in [5, 5.41) is 72.4. The van der Waals surface area contributed by atoms with E-state index >= 15 is 0 Å². The smallest absolute Gasteiger partial charge is 0.248 e. The van der Waals surface area contributed by atoms with Crippen LogP contribution in [0.4, 0.5) is 23.5 Å². The summed E-state index contributed by atoms with van der Waals surface area (Å²) in [5.74, 6) is 1.45. The summed E-state index contributed by atoms with van der Waals surface area (Å²) in [6.07, 6.45) is 9.81. The number of pyridine rings is 2. The molecule has 9 N–H and O–H groups in total. The second kappa shape index (κ2) is 22.5. The van der Waals surface area contributed by atoms with Crippen molar-refractivity contribution in [2.24, 2.45) is 17.8 Å². The van der Waals surface area contributed by atoms with Crippen LogP contribution < -0.4 is 26.0 Å². The first-order valence-corrected chi connectivity index (χ1v) is 29.4. The third kappa shape index (κ3) is 11.4. The average Bonchev–Trinajstić information content (AvgIpc) is 4.42. The highest BCUT2D eigenvalue weighted by molar-refractivity contribution is 7.22. The number of rotatable bonds is 19. The summed E-state index contributed by atoms with van der Waals surface area (Å²) in [5.41, 5.74) is 2.68. The normalized spacial score (nSPS) is 25.7. The second-order valence-electron chi connectivity index (χ2n) is 22.9. The van der Waals surface area contributed by atoms with Gasteiger partial charge in [0.15, 0.2) is 0 Å². The number of carbonyl (C=O) groups excluding carboxylic acids is 1. The average molecular weight is 1110 g/mol. The lowest BCUT2D eigenvalue weighted by molar-refractivity contribution is -0.144. The molecule has 0 unspecified atom stereocenters. The van der Waals surface area contributed by atoms with Gasteiger partial charge in [0.2, 0.25) is 23.7 Å². The molecule has 5 fully saturated rings. The largest absolute Gasteiger partial charge is 0.470 e. The number of aromatic nitrogens is 8. The molecule has 4 saturated carbocycles. The van der Waals surface area contributed by atoms with Crippen molar-refractivity contribution in [2.45, 2.75) is 159 Å². The third-order valence-corrected chi connectivity index (χ3v) is 19.0. The lowest BCUT2D eigenvalue weighted by atomic mass is 9.88. The molecular weight excluding hydrogens is 1030 g/mol. The molecule has 1 amide bonds. The van der Waals surface area contributed by atoms with Crippen molar-refractivity contribution >= 4 is 72.5 Å². The number of hydrogen-bond acceptors (Lipinski definition) is 22. The number of aryl methyl sites for hydroxylation is 3. The summed E-state index contributed by atoms with van der Waals surface area (Å²) in [6, 6.07) is 2.53. The Kier molecular flexibility index (Phi) is 15.7. The van der Waals surface area contributed by atoms with Gasteiger partial charge in [0.1, 0.15) is 57.6 Å². The Morgan fingerprint density at radius 3 is 2.01 bits per heavy atom. The predicted octanol–water partition coefficient (Wildman–Crippen LogP) is 6.40. The topological polar surface area (TPSA) is 291 Å². The van der Waals surface area contributed by atoms with Gasteiger partial charge >= 0.3 is 0 Å². The van der Waals surface area contributed by atoms with Crippen molar-refractivity contribution in [3.05, 3.63) is 41.6 Å². The number of aliphatic hydroxyl groups excluding tert-OH is 3. The van der Waals surface area contributed by atoms with E-state index in [0.717, 1.165) is 52.7 Å². The molecule has 418 valence electrons. The zero-order chi connectivity index (χ0) is 54.5. The summed E-state index contributed by atoms with van der Waals surface area (Å²) in [6.45, 7) is 11.2. The maximum Gasteiger partial charge on any atom is 0.248 e. The Hall–Kier alpha value is -5.53. The van der Waals surface area contributed by atoms with Crippen molar-refractivity contribution in [2.75, 3.05) is 60.7 Å². The van der Waals surface area contributed by atoms with Gasteiger partial charge in [-0.05, 0) is 91.2 Å². The number of thiazole rings is 2. The molecule has 23 heteroatoms. The standard InChI is InChI=1S/C55H73N13O8S2/c1-28-39(50-64-41-30(3)56-19-13-36(41)77-50)47(67-53(61-28)59-21-17-55(74)15-8-9-16-55)62-34-24-32(26-68-22-23-75-27-38(68)69)46(45(34)72)76-49-42-37(14-20-57-49)78-51(65-42)40-29(2)60-52(58-18-12-31-10-6-7-11-31)66-48(40)63-35-25-33(54(4,5)73)43(70)44(35)71/h13-14,19-20,31-35,43-46,70-74H,6-12,15-18,21-27H2,1-5H3,(H2,58,60,63,66)(H2,59,61,62,67)/t32-,33+,34-,35-,43-,44+,45+,46-/m1/s1. The Labute approximate surface area is 461 Å². The van der Waals surface area contributed by atoms with E-state index in [4.69, 9.17) is 44.4 Å². The van der Waals surface area contributed by atoms with Crippen LogP contribution in [0.1, 0.15) is 108 Å². The van der Waals surface area contributed by atoms with Crippen molar-refractivity contribution in [3.63, 3.8) is 0 Å². The van der Waals surface area contributed by atoms with Crippen LogP contribution in [-0.2, 0) is 9.53 Å². The van der Waals surface area contributed by atoms with Gasteiger partial charge in [-0.1, -0.05) is 38.5 Å². The minimum absolute atomic E-state index is 0.0311. The fourth-order valence-electron chi connectivity index (χ4n) is 12.5. The van der Waals surface area contributed by atoms with E-state index in [1.165, 1.54) is 48.4 Å². The van der Waals surface area contributed by atoms with Gasteiger partial charge < -0.3 is 61.2 Å². The van der Waals surface area contributed by atoms with Crippen molar-refractivity contribution in [1.29, 1.82) is 0 Å². The van der Waals surface area contributed by atoms with Gasteiger partial charge in [-0.25, -0.2) is 24.9 Å². The Morgan fingerprint density at radius 2 is 1.38 bits per heavy atom. The highest BCUT2D eigenvalue weighted by Crippen LogP contribution is 2.44. The third-order valence-electron chi connectivity index (χ3n) is 16.9. The van der Waals surface area contributed by atoms with Gasteiger partial charge in [0.25, 0.3) is 0 Å². The van der Waals surface area contributed by atoms with Gasteiger partial charge in [-0.15, -0.1) is 22.7 Å². The number of ether oxygens (including phenoxy) is 2. The first-order valence-electron chi connectivity index (χ1n) is 27.8. The monoisotopic (exact) mass is 1110 g/mol. The van der Waals surface area contributed by atoms with Crippen LogP contribution in [0.15, 0.2) is 24.5 Å². The summed E-state index contributed by atoms with van der Waals surface area (Å²) >= 11 is 2.91. The molecule has 0 radical (unpaired) electrons. The molecule has 0 bridgehead atoms. The minimum Gasteiger partial charge on any atom is -0.470 e. The molecule has 0 spiro atoms. The van der Waals surface area contributed by atoms with E-state index < -0.39 is 53.6 Å². The molecule has 11 rings (SSSR count). The Balaban J connectivity index is 0.914. The van der Waals surface area contributed by atoms with E-state index in [2.05, 4.69) is 26.3 Å². The highest BCUT2D eigenvalue weighted by Gasteiger charge is 2.49. The molecule has 78 heavy (non-hydrogen) atoms. The lowest BCUT2D eigenvalue weighted by Crippen LogP contribution is -2.47. The maximum atomic E-state index is 13.3. The molecule has 4 aliphatic carbocycles. The second-order valence-corrected chi connectivity index (χ2v) is 24.9. The van der Waals surface area contributed by atoms with Crippen LogP contribution in [0.5, 0.6) is 5.88 Å². The van der Waals surface area contributed by atoms with Crippen LogP contribution in [0, 0.1) is 38.5 Å². The highest BCUT2D eigenvalue weighted by atomic mass is 32.1. The number of aliphatic hydroxyl groups is 5. The SMILES string of the molecule is Cc1nc(NCCC2(O)CCCC2)nc(N[C@@H]2C[C@H](CN3CCOCC3=O)[C@@H](Oc3nccc4sc(-c5c(C)nc(NCCC6CCCC6)nc5N[C@@H]5C[C@H](C(C)(C)O)[C@@H](O)[C@H]5O)nc34)[C@H]2O)c1-c1nc2c(C)nccc2s1. The van der Waals surface area contributed by atoms with Crippen molar-refractivity contribution in [3.8, 4) is 27.0 Å². The fraction of sp³-hybridized carbons (Fsp3) is 0.618. The zero-order valence-corrected chi connectivity index (χ0v) is 46.7. The lowest BCUT2D eigenvalue weighted by Gasteiger charge is -2.31. The molecule has 1 aliphatic heterocycles. The van der Waals surface area contributed by atoms with E-state index in [9.17, 15) is 30.3 Å². The Morgan fingerprint density at radius 1 is 0.769 bits per heavy atom. The van der Waals surface area contributed by atoms with Crippen LogP contribution >= 0.6 is 22.7 Å². The number of anilines is 4. The number of amides is 1. The van der Waals surface area contributed by atoms with E-state index in [1.54, 1.807) is 31.1 Å². The van der Waals surface area contributed by atoms with E-state index in [-0.39, 0.29) is 30.7 Å². The predicted molar refractivity (Wildman–Crippen MR) is 300 cm³/mol. The van der Waals surface area contributed by atoms with Crippen molar-refractivity contribution < 1.29 is 39.8 Å². The molecule has 21 nitrogen and oxygen atoms in total. The minimum atomic E-state index is -1.24. The van der Waals surface area contributed by atoms with Gasteiger partial charge in [-0.3, -0.25) is 9.78 Å². The fourth-order valence-corrected chi connectivity index (χ4v) is 14.7. The molecule has 0 aromatic carbocycles. The molecule has 6 aromatic heterocycles. The van der Waals surface area contributed by atoms with Gasteiger partial charge in [-0.2, -0.15) is 9.97 Å². The number of fused-ring (bicyclic) bond motifs is 2. The summed E-state index contributed by atoms with van der Waals surface area (Å²) < 4.78 is 14.1.